The number of aromatic nitrogens is 1. The average Bonchev–Trinajstić information content (AvgIpc) is 2.52. The molecule has 1 aromatic heterocycles. The van der Waals surface area contributed by atoms with Crippen LogP contribution in [0.5, 0.6) is 0 Å². The highest BCUT2D eigenvalue weighted by Crippen LogP contribution is 2.20. The number of aryl methyl sites for hydroxylation is 1. The number of nitrogens with zero attached hydrogens (tertiary/aromatic N) is 1. The van der Waals surface area contributed by atoms with Crippen molar-refractivity contribution in [2.24, 2.45) is 0 Å². The van der Waals surface area contributed by atoms with Gasteiger partial charge in [0.1, 0.15) is 5.69 Å². The number of nitrogens with one attached hydrogen (secondary N) is 2. The Hall–Kier alpha value is -1.88. The van der Waals surface area contributed by atoms with Crippen LogP contribution in [0.15, 0.2) is 41.0 Å². The van der Waals surface area contributed by atoms with Crippen LogP contribution in [0.2, 0.25) is 0 Å². The van der Waals surface area contributed by atoms with Crippen molar-refractivity contribution in [2.75, 3.05) is 17.2 Å². The van der Waals surface area contributed by atoms with Crippen molar-refractivity contribution < 1.29 is 4.79 Å². The van der Waals surface area contributed by atoms with Gasteiger partial charge >= 0.3 is 0 Å². The third kappa shape index (κ3) is 4.56. The van der Waals surface area contributed by atoms with E-state index in [1.165, 1.54) is 0 Å². The van der Waals surface area contributed by atoms with Crippen molar-refractivity contribution in [3.63, 3.8) is 0 Å². The average molecular weight is 362 g/mol. The zero-order chi connectivity index (χ0) is 15.9. The third-order valence-corrected chi connectivity index (χ3v) is 4.16. The highest BCUT2D eigenvalue weighted by Gasteiger charge is 2.08. The summed E-state index contributed by atoms with van der Waals surface area (Å²) in [6, 6.07) is 9.30. The van der Waals surface area contributed by atoms with E-state index in [0.29, 0.717) is 5.69 Å². The van der Waals surface area contributed by atoms with Crippen molar-refractivity contribution in [1.82, 2.24) is 4.98 Å². The lowest BCUT2D eigenvalue weighted by molar-refractivity contribution is 0.102. The Kier molecular flexibility index (Phi) is 5.95. The molecule has 116 valence electrons. The van der Waals surface area contributed by atoms with Crippen LogP contribution < -0.4 is 10.6 Å². The highest BCUT2D eigenvalue weighted by molar-refractivity contribution is 9.10. The largest absolute Gasteiger partial charge is 0.384 e. The quantitative estimate of drug-likeness (QED) is 0.738. The first-order chi connectivity index (χ1) is 10.6. The SMILES string of the molecule is CCCCNc1ccc(C(=O)Nc2ccc(Br)c(C)c2)nc1. The Morgan fingerprint density at radius 2 is 2.00 bits per heavy atom. The number of amides is 1. The standard InChI is InChI=1S/C17H20BrN3O/c1-3-4-9-19-14-6-8-16(20-11-14)17(22)21-13-5-7-15(18)12(2)10-13/h5-8,10-11,19H,3-4,9H2,1-2H3,(H,21,22). The van der Waals surface area contributed by atoms with Crippen LogP contribution in [0.3, 0.4) is 0 Å². The summed E-state index contributed by atoms with van der Waals surface area (Å²) in [7, 11) is 0. The van der Waals surface area contributed by atoms with Gasteiger partial charge < -0.3 is 10.6 Å². The molecular weight excluding hydrogens is 342 g/mol. The lowest BCUT2D eigenvalue weighted by atomic mass is 10.2. The van der Waals surface area contributed by atoms with Crippen LogP contribution in [0.25, 0.3) is 0 Å². The van der Waals surface area contributed by atoms with Crippen molar-refractivity contribution in [3.05, 3.63) is 52.3 Å². The van der Waals surface area contributed by atoms with Gasteiger partial charge in [0, 0.05) is 16.7 Å². The monoisotopic (exact) mass is 361 g/mol. The molecule has 0 bridgehead atoms. The molecule has 4 nitrogen and oxygen atoms in total. The molecule has 1 heterocycles. The molecule has 2 aromatic rings. The van der Waals surface area contributed by atoms with E-state index in [1.54, 1.807) is 12.3 Å². The van der Waals surface area contributed by atoms with Crippen LogP contribution in [0.4, 0.5) is 11.4 Å². The molecule has 0 saturated carbocycles. The normalized spacial score (nSPS) is 10.3. The number of pyridine rings is 1. The van der Waals surface area contributed by atoms with Crippen molar-refractivity contribution in [2.45, 2.75) is 26.7 Å². The second-order valence-corrected chi connectivity index (χ2v) is 5.98. The molecule has 22 heavy (non-hydrogen) atoms. The zero-order valence-electron chi connectivity index (χ0n) is 12.8. The molecule has 1 amide bonds. The number of carbonyl (C=O) groups excluding carboxylic acids is 1. The number of hydrogen-bond donors (Lipinski definition) is 2. The van der Waals surface area contributed by atoms with E-state index in [9.17, 15) is 4.79 Å². The summed E-state index contributed by atoms with van der Waals surface area (Å²) >= 11 is 3.44. The predicted molar refractivity (Wildman–Crippen MR) is 94.5 cm³/mol. The number of unbranched alkanes of at least 4 members (excludes halogenated alkanes) is 1. The molecular formula is C17H20BrN3O. The number of carbonyl (C=O) groups is 1. The second kappa shape index (κ2) is 7.94. The second-order valence-electron chi connectivity index (χ2n) is 5.13. The van der Waals surface area contributed by atoms with E-state index < -0.39 is 0 Å². The van der Waals surface area contributed by atoms with E-state index in [4.69, 9.17) is 0 Å². The maximum absolute atomic E-state index is 12.2. The number of hydrogen-bond acceptors (Lipinski definition) is 3. The van der Waals surface area contributed by atoms with Crippen LogP contribution in [-0.2, 0) is 0 Å². The van der Waals surface area contributed by atoms with E-state index in [2.05, 4.69) is 38.5 Å². The minimum Gasteiger partial charge on any atom is -0.384 e. The fraction of sp³-hybridized carbons (Fsp3) is 0.294. The van der Waals surface area contributed by atoms with E-state index in [0.717, 1.165) is 40.8 Å². The molecule has 1 aromatic carbocycles. The topological polar surface area (TPSA) is 54.0 Å². The first kappa shape index (κ1) is 16.5. The molecule has 0 saturated heterocycles. The Labute approximate surface area is 139 Å². The van der Waals surface area contributed by atoms with Gasteiger partial charge in [-0.2, -0.15) is 0 Å². The van der Waals surface area contributed by atoms with Crippen LogP contribution in [-0.4, -0.2) is 17.4 Å². The Morgan fingerprint density at radius 3 is 2.64 bits per heavy atom. The molecule has 2 N–H and O–H groups in total. The van der Waals surface area contributed by atoms with Gasteiger partial charge in [0.2, 0.25) is 0 Å². The molecule has 0 fully saturated rings. The van der Waals surface area contributed by atoms with Gasteiger partial charge in [-0.1, -0.05) is 29.3 Å². The summed E-state index contributed by atoms with van der Waals surface area (Å²) in [5.74, 6) is -0.207. The number of rotatable bonds is 6. The van der Waals surface area contributed by atoms with E-state index in [1.807, 2.05) is 31.2 Å². The molecule has 2 rings (SSSR count). The van der Waals surface area contributed by atoms with Crippen LogP contribution in [0, 0.1) is 6.92 Å². The minimum absolute atomic E-state index is 0.207. The molecule has 0 aliphatic heterocycles. The zero-order valence-corrected chi connectivity index (χ0v) is 14.4. The maximum Gasteiger partial charge on any atom is 0.274 e. The van der Waals surface area contributed by atoms with Gasteiger partial charge in [0.15, 0.2) is 0 Å². The number of anilines is 2. The first-order valence-corrected chi connectivity index (χ1v) is 8.17. The van der Waals surface area contributed by atoms with Crippen molar-refractivity contribution >= 4 is 33.2 Å². The molecule has 0 aliphatic rings. The maximum atomic E-state index is 12.2. The molecule has 0 atom stereocenters. The molecule has 0 radical (unpaired) electrons. The summed E-state index contributed by atoms with van der Waals surface area (Å²) in [6.45, 7) is 5.05. The molecule has 5 heteroatoms. The van der Waals surface area contributed by atoms with Gasteiger partial charge in [0.05, 0.1) is 11.9 Å². The summed E-state index contributed by atoms with van der Waals surface area (Å²) in [5, 5.41) is 6.13. The van der Waals surface area contributed by atoms with Crippen molar-refractivity contribution in [3.8, 4) is 0 Å². The number of benzene rings is 1. The van der Waals surface area contributed by atoms with Gasteiger partial charge in [-0.05, 0) is 49.2 Å². The number of halogens is 1. The highest BCUT2D eigenvalue weighted by atomic mass is 79.9. The van der Waals surface area contributed by atoms with Crippen molar-refractivity contribution in [1.29, 1.82) is 0 Å². The Bertz CT molecular complexity index is 641. The smallest absolute Gasteiger partial charge is 0.274 e. The Morgan fingerprint density at radius 1 is 1.23 bits per heavy atom. The molecule has 0 aliphatic carbocycles. The van der Waals surface area contributed by atoms with E-state index >= 15 is 0 Å². The fourth-order valence-corrected chi connectivity index (χ4v) is 2.21. The summed E-state index contributed by atoms with van der Waals surface area (Å²) < 4.78 is 1.02. The summed E-state index contributed by atoms with van der Waals surface area (Å²) in [4.78, 5) is 16.4. The lowest BCUT2D eigenvalue weighted by Gasteiger charge is -2.08. The van der Waals surface area contributed by atoms with Gasteiger partial charge in [-0.15, -0.1) is 0 Å². The van der Waals surface area contributed by atoms with Gasteiger partial charge in [0.25, 0.3) is 5.91 Å². The summed E-state index contributed by atoms with van der Waals surface area (Å²) in [6.07, 6.45) is 3.95. The third-order valence-electron chi connectivity index (χ3n) is 3.27. The van der Waals surface area contributed by atoms with Gasteiger partial charge in [-0.3, -0.25) is 4.79 Å². The van der Waals surface area contributed by atoms with Crippen LogP contribution in [0.1, 0.15) is 35.8 Å². The molecule has 0 spiro atoms. The lowest BCUT2D eigenvalue weighted by Crippen LogP contribution is -2.14. The minimum atomic E-state index is -0.207. The summed E-state index contributed by atoms with van der Waals surface area (Å²) in [5.41, 5.74) is 3.17. The van der Waals surface area contributed by atoms with E-state index in [-0.39, 0.29) is 5.91 Å². The predicted octanol–water partition coefficient (Wildman–Crippen LogP) is 4.62. The van der Waals surface area contributed by atoms with Crippen LogP contribution >= 0.6 is 15.9 Å². The van der Waals surface area contributed by atoms with Gasteiger partial charge in [-0.25, -0.2) is 4.98 Å². The Balaban J connectivity index is 1.98. The molecule has 0 unspecified atom stereocenters. The first-order valence-electron chi connectivity index (χ1n) is 7.37. The fourth-order valence-electron chi connectivity index (χ4n) is 1.96.